The van der Waals surface area contributed by atoms with Crippen LogP contribution in [-0.2, 0) is 4.74 Å². The van der Waals surface area contributed by atoms with Gasteiger partial charge in [0.15, 0.2) is 5.75 Å². The number of ether oxygens (including phenoxy) is 3. The van der Waals surface area contributed by atoms with Crippen LogP contribution in [0.3, 0.4) is 0 Å². The van der Waals surface area contributed by atoms with E-state index in [0.29, 0.717) is 0 Å². The van der Waals surface area contributed by atoms with E-state index in [4.69, 9.17) is 4.74 Å². The molecular formula is C14H12F2N2O5. The van der Waals surface area contributed by atoms with Gasteiger partial charge in [0, 0.05) is 5.56 Å². The predicted octanol–water partition coefficient (Wildman–Crippen LogP) is 1.83. The van der Waals surface area contributed by atoms with Gasteiger partial charge < -0.3 is 14.2 Å². The zero-order valence-electron chi connectivity index (χ0n) is 12.1. The molecule has 2 aromatic rings. The molecule has 0 aliphatic rings. The number of nitrogens with one attached hydrogen (secondary N) is 1. The van der Waals surface area contributed by atoms with Crippen molar-refractivity contribution in [3.8, 4) is 22.8 Å². The van der Waals surface area contributed by atoms with Crippen LogP contribution in [0.5, 0.6) is 11.5 Å². The van der Waals surface area contributed by atoms with E-state index >= 15 is 0 Å². The second-order valence-corrected chi connectivity index (χ2v) is 4.18. The van der Waals surface area contributed by atoms with Crippen molar-refractivity contribution in [3.05, 3.63) is 40.2 Å². The van der Waals surface area contributed by atoms with Crippen LogP contribution in [-0.4, -0.2) is 37.0 Å². The normalized spacial score (nSPS) is 10.5. The zero-order chi connectivity index (χ0) is 17.0. The van der Waals surface area contributed by atoms with Gasteiger partial charge in [0.2, 0.25) is 5.69 Å². The van der Waals surface area contributed by atoms with Crippen molar-refractivity contribution in [1.82, 2.24) is 10.2 Å². The van der Waals surface area contributed by atoms with Crippen LogP contribution in [0, 0.1) is 0 Å². The Hall–Kier alpha value is -2.97. The second kappa shape index (κ2) is 6.86. The molecular weight excluding hydrogens is 314 g/mol. The average Bonchev–Trinajstić information content (AvgIpc) is 2.54. The molecule has 0 aliphatic carbocycles. The first kappa shape index (κ1) is 16.4. The lowest BCUT2D eigenvalue weighted by molar-refractivity contribution is -0.0494. The van der Waals surface area contributed by atoms with Crippen molar-refractivity contribution in [1.29, 1.82) is 0 Å². The maximum absolute atomic E-state index is 12.5. The molecule has 0 bridgehead atoms. The van der Waals surface area contributed by atoms with Crippen LogP contribution in [0.15, 0.2) is 29.1 Å². The second-order valence-electron chi connectivity index (χ2n) is 4.18. The van der Waals surface area contributed by atoms with E-state index in [2.05, 4.69) is 19.7 Å². The van der Waals surface area contributed by atoms with Gasteiger partial charge >= 0.3 is 12.6 Å². The van der Waals surface area contributed by atoms with E-state index in [1.165, 1.54) is 25.3 Å². The molecule has 1 aromatic carbocycles. The number of methoxy groups -OCH3 is 2. The molecule has 0 radical (unpaired) electrons. The third-order valence-electron chi connectivity index (χ3n) is 2.88. The SMILES string of the molecule is COC(=O)c1n[nH]c(-c2ccccc2OC(F)F)c(OC)c1=O. The van der Waals surface area contributed by atoms with E-state index in [1.54, 1.807) is 6.07 Å². The molecule has 2 rings (SSSR count). The van der Waals surface area contributed by atoms with Gasteiger partial charge in [-0.3, -0.25) is 9.89 Å². The summed E-state index contributed by atoms with van der Waals surface area (Å²) in [5.41, 5.74) is -1.22. The van der Waals surface area contributed by atoms with Gasteiger partial charge in [0.25, 0.3) is 5.43 Å². The maximum atomic E-state index is 12.5. The lowest BCUT2D eigenvalue weighted by Crippen LogP contribution is -2.22. The third-order valence-corrected chi connectivity index (χ3v) is 2.88. The van der Waals surface area contributed by atoms with Crippen molar-refractivity contribution in [2.45, 2.75) is 6.61 Å². The summed E-state index contributed by atoms with van der Waals surface area (Å²) in [5.74, 6) is -1.40. The number of benzene rings is 1. The summed E-state index contributed by atoms with van der Waals surface area (Å²) < 4.78 is 38.8. The van der Waals surface area contributed by atoms with Gasteiger partial charge in [-0.05, 0) is 12.1 Å². The molecule has 9 heteroatoms. The van der Waals surface area contributed by atoms with Crippen molar-refractivity contribution in [2.75, 3.05) is 14.2 Å². The number of carbonyl (C=O) groups is 1. The van der Waals surface area contributed by atoms with Gasteiger partial charge in [-0.1, -0.05) is 12.1 Å². The molecule has 1 aromatic heterocycles. The molecule has 1 heterocycles. The van der Waals surface area contributed by atoms with Crippen LogP contribution in [0.4, 0.5) is 8.78 Å². The molecule has 23 heavy (non-hydrogen) atoms. The topological polar surface area (TPSA) is 90.5 Å². The highest BCUT2D eigenvalue weighted by molar-refractivity contribution is 5.88. The van der Waals surface area contributed by atoms with Crippen molar-refractivity contribution in [2.24, 2.45) is 0 Å². The van der Waals surface area contributed by atoms with Gasteiger partial charge in [-0.2, -0.15) is 13.9 Å². The molecule has 0 saturated carbocycles. The predicted molar refractivity (Wildman–Crippen MR) is 74.8 cm³/mol. The summed E-state index contributed by atoms with van der Waals surface area (Å²) in [7, 11) is 2.29. The van der Waals surface area contributed by atoms with Gasteiger partial charge in [0.1, 0.15) is 11.4 Å². The van der Waals surface area contributed by atoms with Crippen LogP contribution < -0.4 is 14.9 Å². The molecule has 0 unspecified atom stereocenters. The van der Waals surface area contributed by atoms with Crippen molar-refractivity contribution < 1.29 is 27.8 Å². The number of esters is 1. The molecule has 0 atom stereocenters. The molecule has 122 valence electrons. The number of halogens is 2. The summed E-state index contributed by atoms with van der Waals surface area (Å²) in [6.45, 7) is -3.05. The number of hydrogen-bond donors (Lipinski definition) is 1. The molecule has 0 aliphatic heterocycles. The van der Waals surface area contributed by atoms with Crippen molar-refractivity contribution >= 4 is 5.97 Å². The van der Waals surface area contributed by atoms with E-state index < -0.39 is 23.7 Å². The highest BCUT2D eigenvalue weighted by Crippen LogP contribution is 2.33. The molecule has 0 amide bonds. The minimum absolute atomic E-state index is 0.00130. The number of hydrogen-bond acceptors (Lipinski definition) is 6. The fourth-order valence-corrected chi connectivity index (χ4v) is 1.92. The first-order valence-electron chi connectivity index (χ1n) is 6.28. The average molecular weight is 326 g/mol. The number of nitrogens with zero attached hydrogens (tertiary/aromatic N) is 1. The number of alkyl halides is 2. The first-order chi connectivity index (χ1) is 11.0. The Labute approximate surface area is 128 Å². The first-order valence-corrected chi connectivity index (χ1v) is 6.28. The van der Waals surface area contributed by atoms with E-state index in [9.17, 15) is 18.4 Å². The minimum atomic E-state index is -3.05. The van der Waals surface area contributed by atoms with Crippen LogP contribution in [0.2, 0.25) is 0 Å². The lowest BCUT2D eigenvalue weighted by atomic mass is 10.1. The number of rotatable bonds is 5. The van der Waals surface area contributed by atoms with Crippen LogP contribution in [0.1, 0.15) is 10.5 Å². The fourth-order valence-electron chi connectivity index (χ4n) is 1.92. The Morgan fingerprint density at radius 2 is 1.96 bits per heavy atom. The maximum Gasteiger partial charge on any atom is 0.387 e. The standard InChI is InChI=1S/C14H12F2N2O5/c1-21-12-9(17-18-10(11(12)19)13(20)22-2)7-5-3-4-6-8(7)23-14(15)16/h3-6,14H,1-2H3,(H,17,19). The third kappa shape index (κ3) is 3.28. The van der Waals surface area contributed by atoms with Gasteiger partial charge in [0.05, 0.1) is 14.2 Å². The Morgan fingerprint density at radius 3 is 2.57 bits per heavy atom. The fraction of sp³-hybridized carbons (Fsp3) is 0.214. The number of para-hydroxylation sites is 1. The Balaban J connectivity index is 2.64. The summed E-state index contributed by atoms with van der Waals surface area (Å²) in [4.78, 5) is 23.7. The quantitative estimate of drug-likeness (QED) is 0.843. The van der Waals surface area contributed by atoms with Gasteiger partial charge in [-0.15, -0.1) is 0 Å². The van der Waals surface area contributed by atoms with Gasteiger partial charge in [-0.25, -0.2) is 4.79 Å². The largest absolute Gasteiger partial charge is 0.491 e. The Morgan fingerprint density at radius 1 is 1.26 bits per heavy atom. The summed E-state index contributed by atoms with van der Waals surface area (Å²) in [5, 5.41) is 6.06. The number of aromatic amines is 1. The number of aromatic nitrogens is 2. The van der Waals surface area contributed by atoms with E-state index in [-0.39, 0.29) is 22.8 Å². The number of carbonyl (C=O) groups excluding carboxylic acids is 1. The molecule has 0 spiro atoms. The van der Waals surface area contributed by atoms with E-state index in [0.717, 1.165) is 7.11 Å². The number of H-pyrrole nitrogens is 1. The minimum Gasteiger partial charge on any atom is -0.491 e. The Bertz CT molecular complexity index is 776. The molecule has 1 N–H and O–H groups in total. The molecule has 0 saturated heterocycles. The Kier molecular flexibility index (Phi) is 4.89. The zero-order valence-corrected chi connectivity index (χ0v) is 12.1. The molecule has 7 nitrogen and oxygen atoms in total. The summed E-state index contributed by atoms with van der Waals surface area (Å²) >= 11 is 0. The summed E-state index contributed by atoms with van der Waals surface area (Å²) in [6.07, 6.45) is 0. The monoisotopic (exact) mass is 326 g/mol. The van der Waals surface area contributed by atoms with Crippen LogP contribution >= 0.6 is 0 Å². The highest BCUT2D eigenvalue weighted by atomic mass is 19.3. The highest BCUT2D eigenvalue weighted by Gasteiger charge is 2.23. The molecule has 0 fully saturated rings. The smallest absolute Gasteiger partial charge is 0.387 e. The van der Waals surface area contributed by atoms with Crippen molar-refractivity contribution in [3.63, 3.8) is 0 Å². The summed E-state index contributed by atoms with van der Waals surface area (Å²) in [6, 6.07) is 5.78. The van der Waals surface area contributed by atoms with Crippen LogP contribution in [0.25, 0.3) is 11.3 Å². The lowest BCUT2D eigenvalue weighted by Gasteiger charge is -2.13. The van der Waals surface area contributed by atoms with E-state index in [1.807, 2.05) is 0 Å².